The third-order valence-corrected chi connectivity index (χ3v) is 3.69. The standard InChI is InChI=1S/C11H15FN2O2S/c1-17(15,16)5-4-9-7-13-10-3-2-8(12)6-11(10)14-9/h2-3,6,9,13-14H,4-5,7H2,1H3. The normalized spacial score (nSPS) is 19.1. The van der Waals surface area contributed by atoms with Crippen molar-refractivity contribution in [2.45, 2.75) is 12.5 Å². The summed E-state index contributed by atoms with van der Waals surface area (Å²) in [6, 6.07) is 4.49. The largest absolute Gasteiger partial charge is 0.381 e. The number of sulfone groups is 1. The van der Waals surface area contributed by atoms with Crippen molar-refractivity contribution >= 4 is 21.2 Å². The second-order valence-electron chi connectivity index (χ2n) is 4.33. The van der Waals surface area contributed by atoms with Gasteiger partial charge in [-0.1, -0.05) is 0 Å². The number of rotatable bonds is 3. The molecule has 1 aromatic carbocycles. The van der Waals surface area contributed by atoms with Crippen LogP contribution in [0.2, 0.25) is 0 Å². The lowest BCUT2D eigenvalue weighted by Gasteiger charge is -2.28. The summed E-state index contributed by atoms with van der Waals surface area (Å²) in [6.45, 7) is 0.647. The molecule has 1 aliphatic rings. The molecule has 4 nitrogen and oxygen atoms in total. The third kappa shape index (κ3) is 3.33. The molecule has 0 aromatic heterocycles. The topological polar surface area (TPSA) is 58.2 Å². The number of benzene rings is 1. The highest BCUT2D eigenvalue weighted by Crippen LogP contribution is 2.27. The van der Waals surface area contributed by atoms with Gasteiger partial charge in [0.25, 0.3) is 0 Å². The molecule has 0 amide bonds. The molecule has 0 aliphatic carbocycles. The van der Waals surface area contributed by atoms with Crippen molar-refractivity contribution in [1.29, 1.82) is 0 Å². The number of halogens is 1. The van der Waals surface area contributed by atoms with Crippen molar-refractivity contribution in [3.8, 4) is 0 Å². The highest BCUT2D eigenvalue weighted by Gasteiger charge is 2.18. The molecule has 1 atom stereocenters. The van der Waals surface area contributed by atoms with Crippen LogP contribution in [-0.4, -0.2) is 33.0 Å². The summed E-state index contributed by atoms with van der Waals surface area (Å²) in [6.07, 6.45) is 1.73. The summed E-state index contributed by atoms with van der Waals surface area (Å²) in [5.41, 5.74) is 1.54. The molecule has 0 fully saturated rings. The highest BCUT2D eigenvalue weighted by molar-refractivity contribution is 7.90. The summed E-state index contributed by atoms with van der Waals surface area (Å²) in [7, 11) is -2.95. The number of nitrogens with one attached hydrogen (secondary N) is 2. The molecule has 0 radical (unpaired) electrons. The van der Waals surface area contributed by atoms with E-state index in [-0.39, 0.29) is 17.6 Å². The van der Waals surface area contributed by atoms with Gasteiger partial charge < -0.3 is 10.6 Å². The number of anilines is 2. The van der Waals surface area contributed by atoms with E-state index < -0.39 is 9.84 Å². The van der Waals surface area contributed by atoms with E-state index in [0.29, 0.717) is 18.7 Å². The van der Waals surface area contributed by atoms with Crippen molar-refractivity contribution < 1.29 is 12.8 Å². The van der Waals surface area contributed by atoms with Crippen LogP contribution in [-0.2, 0) is 9.84 Å². The van der Waals surface area contributed by atoms with E-state index in [9.17, 15) is 12.8 Å². The van der Waals surface area contributed by atoms with E-state index >= 15 is 0 Å². The number of hydrogen-bond donors (Lipinski definition) is 2. The Kier molecular flexibility index (Phi) is 3.24. The Hall–Kier alpha value is -1.30. The van der Waals surface area contributed by atoms with Crippen molar-refractivity contribution in [2.75, 3.05) is 29.2 Å². The number of fused-ring (bicyclic) bond motifs is 1. The van der Waals surface area contributed by atoms with Gasteiger partial charge in [0.2, 0.25) is 0 Å². The molecule has 2 rings (SSSR count). The molecule has 1 heterocycles. The van der Waals surface area contributed by atoms with Gasteiger partial charge in [-0.05, 0) is 24.6 Å². The molecule has 0 bridgehead atoms. The minimum atomic E-state index is -2.95. The molecule has 2 N–H and O–H groups in total. The van der Waals surface area contributed by atoms with Gasteiger partial charge >= 0.3 is 0 Å². The van der Waals surface area contributed by atoms with Crippen molar-refractivity contribution in [3.63, 3.8) is 0 Å². The lowest BCUT2D eigenvalue weighted by Crippen LogP contribution is -2.34. The van der Waals surface area contributed by atoms with E-state index in [2.05, 4.69) is 10.6 Å². The second kappa shape index (κ2) is 4.52. The summed E-state index contributed by atoms with van der Waals surface area (Å²) < 4.78 is 35.2. The predicted molar refractivity (Wildman–Crippen MR) is 66.6 cm³/mol. The quantitative estimate of drug-likeness (QED) is 0.862. The maximum atomic E-state index is 13.0. The first-order valence-electron chi connectivity index (χ1n) is 5.42. The maximum Gasteiger partial charge on any atom is 0.147 e. The monoisotopic (exact) mass is 258 g/mol. The molecule has 94 valence electrons. The van der Waals surface area contributed by atoms with Crippen molar-refractivity contribution in [3.05, 3.63) is 24.0 Å². The zero-order valence-corrected chi connectivity index (χ0v) is 10.3. The lowest BCUT2D eigenvalue weighted by atomic mass is 10.1. The van der Waals surface area contributed by atoms with Crippen molar-refractivity contribution in [2.24, 2.45) is 0 Å². The van der Waals surface area contributed by atoms with Gasteiger partial charge in [0, 0.05) is 18.8 Å². The summed E-state index contributed by atoms with van der Waals surface area (Å²) >= 11 is 0. The molecule has 1 aliphatic heterocycles. The molecule has 17 heavy (non-hydrogen) atoms. The minimum absolute atomic E-state index is 0.0130. The van der Waals surface area contributed by atoms with Gasteiger partial charge in [0.05, 0.1) is 17.1 Å². The minimum Gasteiger partial charge on any atom is -0.381 e. The van der Waals surface area contributed by atoms with Crippen LogP contribution < -0.4 is 10.6 Å². The van der Waals surface area contributed by atoms with Crippen LogP contribution in [0.15, 0.2) is 18.2 Å². The summed E-state index contributed by atoms with van der Waals surface area (Å²) in [4.78, 5) is 0. The summed E-state index contributed by atoms with van der Waals surface area (Å²) in [5, 5.41) is 6.30. The van der Waals surface area contributed by atoms with Gasteiger partial charge in [-0.15, -0.1) is 0 Å². The SMILES string of the molecule is CS(=O)(=O)CCC1CNc2ccc(F)cc2N1. The zero-order chi connectivity index (χ0) is 12.5. The Labute approximate surface area is 100 Å². The van der Waals surface area contributed by atoms with Gasteiger partial charge in [-0.2, -0.15) is 0 Å². The van der Waals surface area contributed by atoms with Crippen molar-refractivity contribution in [1.82, 2.24) is 0 Å². The molecule has 0 saturated heterocycles. The average Bonchev–Trinajstić information content (AvgIpc) is 2.24. The molecule has 0 saturated carbocycles. The van der Waals surface area contributed by atoms with Crippen LogP contribution in [0.3, 0.4) is 0 Å². The van der Waals surface area contributed by atoms with Gasteiger partial charge in [-0.25, -0.2) is 12.8 Å². The van der Waals surface area contributed by atoms with E-state index in [0.717, 1.165) is 5.69 Å². The Bertz CT molecular complexity index is 516. The fourth-order valence-electron chi connectivity index (χ4n) is 1.82. The molecular weight excluding hydrogens is 243 g/mol. The first kappa shape index (κ1) is 12.2. The maximum absolute atomic E-state index is 13.0. The molecule has 0 spiro atoms. The Morgan fingerprint density at radius 2 is 2.18 bits per heavy atom. The smallest absolute Gasteiger partial charge is 0.147 e. The Balaban J connectivity index is 2.03. The van der Waals surface area contributed by atoms with Crippen LogP contribution in [0, 0.1) is 5.82 Å². The van der Waals surface area contributed by atoms with Crippen LogP contribution in [0.1, 0.15) is 6.42 Å². The predicted octanol–water partition coefficient (Wildman–Crippen LogP) is 1.47. The second-order valence-corrected chi connectivity index (χ2v) is 6.59. The first-order valence-corrected chi connectivity index (χ1v) is 7.48. The van der Waals surface area contributed by atoms with Gasteiger partial charge in [-0.3, -0.25) is 0 Å². The van der Waals surface area contributed by atoms with Crippen LogP contribution in [0.25, 0.3) is 0 Å². The van der Waals surface area contributed by atoms with Gasteiger partial charge in [0.15, 0.2) is 0 Å². The lowest BCUT2D eigenvalue weighted by molar-refractivity contribution is 0.593. The van der Waals surface area contributed by atoms with E-state index in [1.165, 1.54) is 18.4 Å². The molecule has 1 aromatic rings. The fraction of sp³-hybridized carbons (Fsp3) is 0.455. The highest BCUT2D eigenvalue weighted by atomic mass is 32.2. The van der Waals surface area contributed by atoms with Crippen LogP contribution in [0.4, 0.5) is 15.8 Å². The third-order valence-electron chi connectivity index (χ3n) is 2.72. The van der Waals surface area contributed by atoms with Crippen LogP contribution in [0.5, 0.6) is 0 Å². The van der Waals surface area contributed by atoms with E-state index in [4.69, 9.17) is 0 Å². The molecule has 1 unspecified atom stereocenters. The molecule has 6 heteroatoms. The average molecular weight is 258 g/mol. The van der Waals surface area contributed by atoms with E-state index in [1.54, 1.807) is 6.07 Å². The van der Waals surface area contributed by atoms with Crippen LogP contribution >= 0.6 is 0 Å². The fourth-order valence-corrected chi connectivity index (χ4v) is 2.54. The van der Waals surface area contributed by atoms with E-state index in [1.807, 2.05) is 0 Å². The molecular formula is C11H15FN2O2S. The Morgan fingerprint density at radius 3 is 2.88 bits per heavy atom. The Morgan fingerprint density at radius 1 is 1.41 bits per heavy atom. The van der Waals surface area contributed by atoms with Gasteiger partial charge in [0.1, 0.15) is 15.7 Å². The first-order chi connectivity index (χ1) is 7.94. The zero-order valence-electron chi connectivity index (χ0n) is 9.53. The number of hydrogen-bond acceptors (Lipinski definition) is 4. The summed E-state index contributed by atoms with van der Waals surface area (Å²) in [5.74, 6) is -0.168.